The number of benzene rings is 2. The average Bonchev–Trinajstić information content (AvgIpc) is 2.52. The first kappa shape index (κ1) is 15.2. The molecular weight excluding hydrogens is 336 g/mol. The van der Waals surface area contributed by atoms with E-state index in [9.17, 15) is 0 Å². The molecule has 2 aromatic rings. The summed E-state index contributed by atoms with van der Waals surface area (Å²) in [5.41, 5.74) is 7.16. The van der Waals surface area contributed by atoms with Gasteiger partial charge in [-0.15, -0.1) is 0 Å². The van der Waals surface area contributed by atoms with Crippen molar-refractivity contribution in [3.05, 3.63) is 58.1 Å². The first-order valence-electron chi connectivity index (χ1n) is 6.17. The van der Waals surface area contributed by atoms with E-state index in [4.69, 9.17) is 20.4 Å². The van der Waals surface area contributed by atoms with E-state index >= 15 is 0 Å². The molecule has 2 rings (SSSR count). The topological polar surface area (TPSA) is 77.1 Å². The van der Waals surface area contributed by atoms with Crippen LogP contribution in [0.15, 0.2) is 52.1 Å². The van der Waals surface area contributed by atoms with Gasteiger partial charge in [0.2, 0.25) is 0 Å². The number of ether oxygens (including phenoxy) is 2. The third kappa shape index (κ3) is 3.88. The fraction of sp³-hybridized carbons (Fsp3) is 0.133. The molecule has 0 aliphatic rings. The van der Waals surface area contributed by atoms with E-state index in [2.05, 4.69) is 21.1 Å². The van der Waals surface area contributed by atoms with Gasteiger partial charge in [0.1, 0.15) is 18.1 Å². The van der Waals surface area contributed by atoms with Crippen molar-refractivity contribution in [1.29, 1.82) is 0 Å². The minimum Gasteiger partial charge on any atom is -0.497 e. The first-order valence-corrected chi connectivity index (χ1v) is 6.96. The first-order chi connectivity index (χ1) is 10.1. The normalized spacial score (nSPS) is 11.2. The van der Waals surface area contributed by atoms with Crippen molar-refractivity contribution in [3.63, 3.8) is 0 Å². The highest BCUT2D eigenvalue weighted by molar-refractivity contribution is 9.10. The highest BCUT2D eigenvalue weighted by atomic mass is 79.9. The lowest BCUT2D eigenvalue weighted by Crippen LogP contribution is -2.14. The lowest BCUT2D eigenvalue weighted by atomic mass is 10.2. The summed E-state index contributed by atoms with van der Waals surface area (Å²) in [5, 5.41) is 11.8. The second-order valence-corrected chi connectivity index (χ2v) is 5.18. The molecule has 6 heteroatoms. The second kappa shape index (κ2) is 6.99. The van der Waals surface area contributed by atoms with E-state index in [0.29, 0.717) is 17.9 Å². The van der Waals surface area contributed by atoms with Gasteiger partial charge in [0.05, 0.1) is 12.7 Å². The fourth-order valence-corrected chi connectivity index (χ4v) is 2.10. The van der Waals surface area contributed by atoms with Gasteiger partial charge in [0, 0.05) is 4.47 Å². The average molecular weight is 351 g/mol. The molecule has 0 saturated heterocycles. The van der Waals surface area contributed by atoms with E-state index in [1.165, 1.54) is 0 Å². The van der Waals surface area contributed by atoms with Crippen molar-refractivity contribution in [2.75, 3.05) is 7.11 Å². The van der Waals surface area contributed by atoms with Gasteiger partial charge in [-0.2, -0.15) is 0 Å². The molecule has 0 aliphatic heterocycles. The van der Waals surface area contributed by atoms with Crippen LogP contribution in [0.25, 0.3) is 0 Å². The molecule has 0 spiro atoms. The smallest absolute Gasteiger partial charge is 0.173 e. The number of nitrogens with zero attached hydrogens (tertiary/aromatic N) is 1. The molecule has 0 aliphatic carbocycles. The summed E-state index contributed by atoms with van der Waals surface area (Å²) in [6.45, 7) is 0.367. The maximum atomic E-state index is 8.81. The standard InChI is InChI=1S/C15H15BrN2O3/c1-20-12-5-2-10(3-6-12)9-21-14-8-11(16)4-7-13(14)15(17)18-19/h2-8,19H,9H2,1H3,(H2,17,18). The van der Waals surface area contributed by atoms with Crippen molar-refractivity contribution in [2.24, 2.45) is 10.9 Å². The fourth-order valence-electron chi connectivity index (χ4n) is 1.76. The van der Waals surface area contributed by atoms with Crippen LogP contribution in [0, 0.1) is 0 Å². The van der Waals surface area contributed by atoms with Gasteiger partial charge in [-0.25, -0.2) is 0 Å². The Hall–Kier alpha value is -2.21. The molecule has 5 nitrogen and oxygen atoms in total. The van der Waals surface area contributed by atoms with E-state index in [-0.39, 0.29) is 5.84 Å². The Morgan fingerprint density at radius 2 is 1.95 bits per heavy atom. The number of amidine groups is 1. The number of halogens is 1. The number of nitrogens with two attached hydrogens (primary N) is 1. The predicted octanol–water partition coefficient (Wildman–Crippen LogP) is 3.13. The van der Waals surface area contributed by atoms with Gasteiger partial charge >= 0.3 is 0 Å². The Morgan fingerprint density at radius 3 is 2.57 bits per heavy atom. The maximum Gasteiger partial charge on any atom is 0.173 e. The highest BCUT2D eigenvalue weighted by Crippen LogP contribution is 2.25. The number of rotatable bonds is 5. The number of hydrogen-bond donors (Lipinski definition) is 2. The molecular formula is C15H15BrN2O3. The van der Waals surface area contributed by atoms with Crippen LogP contribution < -0.4 is 15.2 Å². The van der Waals surface area contributed by atoms with Crippen LogP contribution in [0.1, 0.15) is 11.1 Å². The quantitative estimate of drug-likeness (QED) is 0.376. The van der Waals surface area contributed by atoms with Crippen LogP contribution in [-0.4, -0.2) is 18.2 Å². The van der Waals surface area contributed by atoms with E-state index < -0.39 is 0 Å². The van der Waals surface area contributed by atoms with Gasteiger partial charge in [0.25, 0.3) is 0 Å². The molecule has 0 saturated carbocycles. The van der Waals surface area contributed by atoms with Crippen LogP contribution in [0.3, 0.4) is 0 Å². The molecule has 0 fully saturated rings. The monoisotopic (exact) mass is 350 g/mol. The zero-order chi connectivity index (χ0) is 15.2. The Labute approximate surface area is 131 Å². The van der Waals surface area contributed by atoms with Crippen LogP contribution in [0.2, 0.25) is 0 Å². The summed E-state index contributed by atoms with van der Waals surface area (Å²) in [4.78, 5) is 0. The third-order valence-corrected chi connectivity index (χ3v) is 3.37. The molecule has 0 atom stereocenters. The van der Waals surface area contributed by atoms with E-state index in [1.54, 1.807) is 25.3 Å². The third-order valence-electron chi connectivity index (χ3n) is 2.88. The zero-order valence-corrected chi connectivity index (χ0v) is 13.0. The predicted molar refractivity (Wildman–Crippen MR) is 84.0 cm³/mol. The summed E-state index contributed by atoms with van der Waals surface area (Å²) < 4.78 is 11.7. The van der Waals surface area contributed by atoms with Gasteiger partial charge in [-0.3, -0.25) is 0 Å². The summed E-state index contributed by atoms with van der Waals surface area (Å²) in [7, 11) is 1.62. The van der Waals surface area contributed by atoms with Gasteiger partial charge < -0.3 is 20.4 Å². The van der Waals surface area contributed by atoms with Crippen molar-refractivity contribution in [3.8, 4) is 11.5 Å². The second-order valence-electron chi connectivity index (χ2n) is 4.26. The molecule has 0 radical (unpaired) electrons. The van der Waals surface area contributed by atoms with E-state index in [0.717, 1.165) is 15.8 Å². The molecule has 3 N–H and O–H groups in total. The summed E-state index contributed by atoms with van der Waals surface area (Å²) in [6, 6.07) is 12.9. The van der Waals surface area contributed by atoms with Gasteiger partial charge in [-0.05, 0) is 35.9 Å². The molecule has 0 amide bonds. The number of hydrogen-bond acceptors (Lipinski definition) is 4. The summed E-state index contributed by atoms with van der Waals surface area (Å²) in [5.74, 6) is 1.33. The minimum absolute atomic E-state index is 0.00670. The van der Waals surface area contributed by atoms with Crippen LogP contribution in [-0.2, 0) is 6.61 Å². The Morgan fingerprint density at radius 1 is 1.24 bits per heavy atom. The molecule has 2 aromatic carbocycles. The molecule has 21 heavy (non-hydrogen) atoms. The SMILES string of the molecule is COc1ccc(COc2cc(Br)ccc2/C(N)=N/O)cc1. The molecule has 110 valence electrons. The Kier molecular flexibility index (Phi) is 5.05. The maximum absolute atomic E-state index is 8.81. The zero-order valence-electron chi connectivity index (χ0n) is 11.4. The van der Waals surface area contributed by atoms with Crippen molar-refractivity contribution in [2.45, 2.75) is 6.61 Å². The summed E-state index contributed by atoms with van der Waals surface area (Å²) in [6.07, 6.45) is 0. The highest BCUT2D eigenvalue weighted by Gasteiger charge is 2.09. The molecule has 0 heterocycles. The van der Waals surface area contributed by atoms with Gasteiger partial charge in [-0.1, -0.05) is 33.2 Å². The Balaban J connectivity index is 2.16. The summed E-state index contributed by atoms with van der Waals surface area (Å²) >= 11 is 3.37. The van der Waals surface area contributed by atoms with Gasteiger partial charge in [0.15, 0.2) is 5.84 Å². The largest absolute Gasteiger partial charge is 0.497 e. The van der Waals surface area contributed by atoms with E-state index in [1.807, 2.05) is 24.3 Å². The molecule has 0 aromatic heterocycles. The Bertz CT molecular complexity index is 642. The van der Waals surface area contributed by atoms with Crippen molar-refractivity contribution < 1.29 is 14.7 Å². The van der Waals surface area contributed by atoms with Crippen LogP contribution in [0.4, 0.5) is 0 Å². The minimum atomic E-state index is 0.00670. The molecule has 0 bridgehead atoms. The van der Waals surface area contributed by atoms with Crippen molar-refractivity contribution in [1.82, 2.24) is 0 Å². The lowest BCUT2D eigenvalue weighted by Gasteiger charge is -2.11. The molecule has 0 unspecified atom stereocenters. The van der Waals surface area contributed by atoms with Crippen LogP contribution in [0.5, 0.6) is 11.5 Å². The van der Waals surface area contributed by atoms with Crippen molar-refractivity contribution >= 4 is 21.8 Å². The number of oxime groups is 1. The van der Waals surface area contributed by atoms with Crippen LogP contribution >= 0.6 is 15.9 Å². The number of methoxy groups -OCH3 is 1. The lowest BCUT2D eigenvalue weighted by molar-refractivity contribution is 0.303.